The minimum absolute atomic E-state index is 0.0442. The number of nitrogens with zero attached hydrogens (tertiary/aromatic N) is 3. The van der Waals surface area contributed by atoms with E-state index in [1.54, 1.807) is 13.0 Å². The van der Waals surface area contributed by atoms with Gasteiger partial charge in [-0.15, -0.1) is 0 Å². The number of hydrogen-bond acceptors (Lipinski definition) is 4. The number of likely N-dealkylation sites (tertiary alicyclic amines) is 1. The molecule has 6 nitrogen and oxygen atoms in total. The van der Waals surface area contributed by atoms with E-state index in [0.717, 1.165) is 31.5 Å². The molecule has 2 fully saturated rings. The van der Waals surface area contributed by atoms with Gasteiger partial charge in [0.2, 0.25) is 5.91 Å². The van der Waals surface area contributed by atoms with E-state index in [-0.39, 0.29) is 17.9 Å². The number of benzene rings is 1. The van der Waals surface area contributed by atoms with E-state index >= 15 is 0 Å². The third kappa shape index (κ3) is 5.43. The number of carbonyl (C=O) groups excluding carboxylic acids is 2. The lowest BCUT2D eigenvalue weighted by Gasteiger charge is -2.40. The van der Waals surface area contributed by atoms with Crippen molar-refractivity contribution in [3.63, 3.8) is 0 Å². The van der Waals surface area contributed by atoms with Gasteiger partial charge in [0.1, 0.15) is 5.75 Å². The molecule has 7 heteroatoms. The summed E-state index contributed by atoms with van der Waals surface area (Å²) in [5.74, 6) is 0.708. The summed E-state index contributed by atoms with van der Waals surface area (Å²) in [7, 11) is 0. The van der Waals surface area contributed by atoms with Crippen molar-refractivity contribution >= 4 is 23.4 Å². The highest BCUT2D eigenvalue weighted by Crippen LogP contribution is 2.26. The molecule has 160 valence electrons. The molecule has 0 saturated carbocycles. The van der Waals surface area contributed by atoms with Crippen molar-refractivity contribution in [1.82, 2.24) is 14.7 Å². The molecule has 29 heavy (non-hydrogen) atoms. The molecule has 0 spiro atoms. The topological polar surface area (TPSA) is 53.1 Å². The largest absolute Gasteiger partial charge is 0.479 e. The fourth-order valence-corrected chi connectivity index (χ4v) is 4.23. The van der Waals surface area contributed by atoms with Crippen LogP contribution in [0.5, 0.6) is 5.75 Å². The van der Waals surface area contributed by atoms with Gasteiger partial charge in [-0.25, -0.2) is 0 Å². The number of aryl methyl sites for hydroxylation is 1. The Bertz CT molecular complexity index is 728. The normalized spacial score (nSPS) is 20.3. The van der Waals surface area contributed by atoms with Gasteiger partial charge in [-0.1, -0.05) is 17.7 Å². The number of ether oxygens (including phenoxy) is 1. The first-order valence-electron chi connectivity index (χ1n) is 10.6. The fraction of sp³-hybridized carbons (Fsp3) is 0.636. The van der Waals surface area contributed by atoms with Crippen molar-refractivity contribution in [2.75, 3.05) is 39.3 Å². The Kier molecular flexibility index (Phi) is 7.41. The van der Waals surface area contributed by atoms with Gasteiger partial charge in [-0.05, 0) is 57.7 Å². The second-order valence-corrected chi connectivity index (χ2v) is 8.52. The summed E-state index contributed by atoms with van der Waals surface area (Å²) in [4.78, 5) is 31.6. The van der Waals surface area contributed by atoms with Gasteiger partial charge in [0, 0.05) is 39.3 Å². The number of carbonyl (C=O) groups is 2. The van der Waals surface area contributed by atoms with Crippen molar-refractivity contribution in [3.05, 3.63) is 28.8 Å². The number of amides is 2. The maximum absolute atomic E-state index is 12.8. The lowest BCUT2D eigenvalue weighted by atomic mass is 10.1. The first kappa shape index (κ1) is 21.9. The monoisotopic (exact) mass is 421 g/mol. The second kappa shape index (κ2) is 9.81. The summed E-state index contributed by atoms with van der Waals surface area (Å²) in [6.45, 7) is 10.1. The average Bonchev–Trinajstić information content (AvgIpc) is 2.75. The Morgan fingerprint density at radius 3 is 2.21 bits per heavy atom. The number of halogens is 1. The predicted octanol–water partition coefficient (Wildman–Crippen LogP) is 2.96. The molecule has 2 atom stereocenters. The third-order valence-electron chi connectivity index (χ3n) is 5.94. The molecule has 2 amide bonds. The standard InChI is InChI=1S/C22H32ClN3O3/c1-16-7-8-19(23)20(15-16)29-18(3)22(28)26-13-11-24(12-14-26)17(2)21(27)25-9-5-4-6-10-25/h7-8,15,17-18H,4-6,9-14H2,1-3H3. The highest BCUT2D eigenvalue weighted by molar-refractivity contribution is 6.32. The Hall–Kier alpha value is -1.79. The van der Waals surface area contributed by atoms with Crippen LogP contribution in [0.1, 0.15) is 38.7 Å². The maximum Gasteiger partial charge on any atom is 0.263 e. The lowest BCUT2D eigenvalue weighted by Crippen LogP contribution is -2.57. The second-order valence-electron chi connectivity index (χ2n) is 8.12. The number of piperazine rings is 1. The molecule has 2 saturated heterocycles. The van der Waals surface area contributed by atoms with Crippen LogP contribution in [0.4, 0.5) is 0 Å². The van der Waals surface area contributed by atoms with Gasteiger partial charge in [-0.3, -0.25) is 14.5 Å². The van der Waals surface area contributed by atoms with Crippen molar-refractivity contribution in [2.24, 2.45) is 0 Å². The summed E-state index contributed by atoms with van der Waals surface area (Å²) < 4.78 is 5.84. The molecule has 0 N–H and O–H groups in total. The van der Waals surface area contributed by atoms with Crippen LogP contribution in [0.15, 0.2) is 18.2 Å². The van der Waals surface area contributed by atoms with E-state index < -0.39 is 6.10 Å². The average molecular weight is 422 g/mol. The third-order valence-corrected chi connectivity index (χ3v) is 6.25. The van der Waals surface area contributed by atoms with Crippen LogP contribution in [0.2, 0.25) is 5.02 Å². The summed E-state index contributed by atoms with van der Waals surface area (Å²) >= 11 is 6.19. The van der Waals surface area contributed by atoms with Crippen LogP contribution in [-0.2, 0) is 9.59 Å². The Balaban J connectivity index is 1.50. The van der Waals surface area contributed by atoms with Crippen LogP contribution in [0, 0.1) is 6.92 Å². The zero-order valence-electron chi connectivity index (χ0n) is 17.7. The Morgan fingerprint density at radius 2 is 1.55 bits per heavy atom. The zero-order chi connectivity index (χ0) is 21.0. The van der Waals surface area contributed by atoms with E-state index in [0.29, 0.717) is 37.0 Å². The molecular weight excluding hydrogens is 390 g/mol. The molecule has 0 aromatic heterocycles. The van der Waals surface area contributed by atoms with Gasteiger partial charge in [0.25, 0.3) is 5.91 Å². The van der Waals surface area contributed by atoms with E-state index in [4.69, 9.17) is 16.3 Å². The SMILES string of the molecule is Cc1ccc(Cl)c(OC(C)C(=O)N2CCN(C(C)C(=O)N3CCCCC3)CC2)c1. The molecule has 2 aliphatic heterocycles. The van der Waals surface area contributed by atoms with E-state index in [9.17, 15) is 9.59 Å². The quantitative estimate of drug-likeness (QED) is 0.733. The summed E-state index contributed by atoms with van der Waals surface area (Å²) in [5.41, 5.74) is 1.03. The maximum atomic E-state index is 12.8. The first-order valence-corrected chi connectivity index (χ1v) is 11.0. The van der Waals surface area contributed by atoms with E-state index in [1.165, 1.54) is 6.42 Å². The molecule has 2 aliphatic rings. The molecule has 0 aliphatic carbocycles. The Morgan fingerprint density at radius 1 is 0.931 bits per heavy atom. The zero-order valence-corrected chi connectivity index (χ0v) is 18.5. The van der Waals surface area contributed by atoms with E-state index in [1.807, 2.05) is 35.8 Å². The smallest absolute Gasteiger partial charge is 0.263 e. The van der Waals surface area contributed by atoms with Crippen LogP contribution in [0.25, 0.3) is 0 Å². The molecule has 0 radical (unpaired) electrons. The molecule has 1 aromatic carbocycles. The first-order chi connectivity index (χ1) is 13.9. The van der Waals surface area contributed by atoms with Gasteiger partial charge in [0.15, 0.2) is 6.10 Å². The van der Waals surface area contributed by atoms with Gasteiger partial charge >= 0.3 is 0 Å². The number of rotatable bonds is 5. The summed E-state index contributed by atoms with van der Waals surface area (Å²) in [5, 5.41) is 0.505. The van der Waals surface area contributed by atoms with Crippen LogP contribution in [0.3, 0.4) is 0 Å². The van der Waals surface area contributed by atoms with Crippen LogP contribution >= 0.6 is 11.6 Å². The highest BCUT2D eigenvalue weighted by Gasteiger charge is 2.32. The van der Waals surface area contributed by atoms with Gasteiger partial charge < -0.3 is 14.5 Å². The predicted molar refractivity (Wildman–Crippen MR) is 114 cm³/mol. The van der Waals surface area contributed by atoms with Crippen molar-refractivity contribution in [1.29, 1.82) is 0 Å². The van der Waals surface area contributed by atoms with Crippen LogP contribution < -0.4 is 4.74 Å². The number of hydrogen-bond donors (Lipinski definition) is 0. The molecule has 0 bridgehead atoms. The van der Waals surface area contributed by atoms with Crippen molar-refractivity contribution in [2.45, 2.75) is 52.2 Å². The van der Waals surface area contributed by atoms with Gasteiger partial charge in [-0.2, -0.15) is 0 Å². The molecule has 2 heterocycles. The fourth-order valence-electron chi connectivity index (χ4n) is 4.06. The minimum atomic E-state index is -0.603. The Labute approximate surface area is 178 Å². The summed E-state index contributed by atoms with van der Waals surface area (Å²) in [6, 6.07) is 5.40. The van der Waals surface area contributed by atoms with Crippen molar-refractivity contribution in [3.8, 4) is 5.75 Å². The highest BCUT2D eigenvalue weighted by atomic mass is 35.5. The van der Waals surface area contributed by atoms with Gasteiger partial charge in [0.05, 0.1) is 11.1 Å². The summed E-state index contributed by atoms with van der Waals surface area (Å²) in [6.07, 6.45) is 2.81. The van der Waals surface area contributed by atoms with E-state index in [2.05, 4.69) is 4.90 Å². The molecule has 1 aromatic rings. The molecule has 2 unspecified atom stereocenters. The van der Waals surface area contributed by atoms with Crippen molar-refractivity contribution < 1.29 is 14.3 Å². The number of piperidine rings is 1. The minimum Gasteiger partial charge on any atom is -0.479 e. The molecule has 3 rings (SSSR count). The molecular formula is C22H32ClN3O3. The van der Waals surface area contributed by atoms with Crippen LogP contribution in [-0.4, -0.2) is 77.9 Å². The lowest BCUT2D eigenvalue weighted by molar-refractivity contribution is -0.142.